The quantitative estimate of drug-likeness (QED) is 0.677. The molecule has 1 heterocycles. The van der Waals surface area contributed by atoms with Gasteiger partial charge in [0.05, 0.1) is 13.2 Å². The standard InChI is InChI=1S/C11H18N2O2/c1-14-9-7-13(8-10-15-2)11-3-5-12-6-4-11/h3-6H,7-10H2,1-2H3. The summed E-state index contributed by atoms with van der Waals surface area (Å²) in [5, 5.41) is 0. The lowest BCUT2D eigenvalue weighted by atomic mass is 10.3. The molecule has 0 saturated carbocycles. The molecular weight excluding hydrogens is 192 g/mol. The second kappa shape index (κ2) is 7.20. The molecule has 0 spiro atoms. The van der Waals surface area contributed by atoms with Gasteiger partial charge in [-0.3, -0.25) is 4.98 Å². The Labute approximate surface area is 90.8 Å². The van der Waals surface area contributed by atoms with Gasteiger partial charge in [0.25, 0.3) is 0 Å². The van der Waals surface area contributed by atoms with Crippen LogP contribution < -0.4 is 4.90 Å². The molecule has 0 saturated heterocycles. The van der Waals surface area contributed by atoms with E-state index >= 15 is 0 Å². The van der Waals surface area contributed by atoms with E-state index in [2.05, 4.69) is 9.88 Å². The van der Waals surface area contributed by atoms with Crippen LogP contribution in [0.5, 0.6) is 0 Å². The highest BCUT2D eigenvalue weighted by Crippen LogP contribution is 2.11. The van der Waals surface area contributed by atoms with E-state index in [-0.39, 0.29) is 0 Å². The number of methoxy groups -OCH3 is 2. The molecule has 84 valence electrons. The van der Waals surface area contributed by atoms with Gasteiger partial charge in [0.2, 0.25) is 0 Å². The van der Waals surface area contributed by atoms with Crippen molar-refractivity contribution in [3.05, 3.63) is 24.5 Å². The molecule has 0 aromatic carbocycles. The maximum atomic E-state index is 5.08. The summed E-state index contributed by atoms with van der Waals surface area (Å²) in [6.07, 6.45) is 3.59. The van der Waals surface area contributed by atoms with Gasteiger partial charge in [-0.05, 0) is 12.1 Å². The maximum Gasteiger partial charge on any atom is 0.0637 e. The van der Waals surface area contributed by atoms with Crippen molar-refractivity contribution in [1.29, 1.82) is 0 Å². The van der Waals surface area contributed by atoms with Gasteiger partial charge in [-0.25, -0.2) is 0 Å². The molecule has 0 aliphatic rings. The first-order chi connectivity index (χ1) is 7.38. The molecule has 4 heteroatoms. The molecule has 0 N–H and O–H groups in total. The predicted molar refractivity (Wildman–Crippen MR) is 60.2 cm³/mol. The summed E-state index contributed by atoms with van der Waals surface area (Å²) in [4.78, 5) is 6.22. The smallest absolute Gasteiger partial charge is 0.0637 e. The van der Waals surface area contributed by atoms with Gasteiger partial charge < -0.3 is 14.4 Å². The van der Waals surface area contributed by atoms with E-state index in [4.69, 9.17) is 9.47 Å². The Bertz CT molecular complexity index is 246. The second-order valence-electron chi connectivity index (χ2n) is 3.18. The molecule has 1 rings (SSSR count). The molecule has 0 aliphatic carbocycles. The van der Waals surface area contributed by atoms with E-state index < -0.39 is 0 Å². The number of aromatic nitrogens is 1. The Morgan fingerprint density at radius 2 is 1.60 bits per heavy atom. The molecule has 0 aliphatic heterocycles. The zero-order chi connectivity index (χ0) is 10.9. The summed E-state index contributed by atoms with van der Waals surface area (Å²) in [5.41, 5.74) is 1.15. The monoisotopic (exact) mass is 210 g/mol. The summed E-state index contributed by atoms with van der Waals surface area (Å²) >= 11 is 0. The number of anilines is 1. The van der Waals surface area contributed by atoms with Crippen molar-refractivity contribution in [2.75, 3.05) is 45.4 Å². The lowest BCUT2D eigenvalue weighted by Gasteiger charge is -2.23. The van der Waals surface area contributed by atoms with Crippen LogP contribution in [0.4, 0.5) is 5.69 Å². The van der Waals surface area contributed by atoms with Crippen molar-refractivity contribution in [3.63, 3.8) is 0 Å². The van der Waals surface area contributed by atoms with Gasteiger partial charge in [-0.2, -0.15) is 0 Å². The van der Waals surface area contributed by atoms with Gasteiger partial charge in [-0.1, -0.05) is 0 Å². The molecule has 0 unspecified atom stereocenters. The van der Waals surface area contributed by atoms with E-state index in [1.54, 1.807) is 26.6 Å². The SMILES string of the molecule is COCCN(CCOC)c1ccncc1. The summed E-state index contributed by atoms with van der Waals surface area (Å²) in [6, 6.07) is 3.98. The highest BCUT2D eigenvalue weighted by atomic mass is 16.5. The first-order valence-electron chi connectivity index (χ1n) is 5.01. The Hall–Kier alpha value is -1.13. The molecule has 0 amide bonds. The average Bonchev–Trinajstić information content (AvgIpc) is 2.30. The van der Waals surface area contributed by atoms with Gasteiger partial charge in [0, 0.05) is 45.4 Å². The van der Waals surface area contributed by atoms with Crippen molar-refractivity contribution in [2.45, 2.75) is 0 Å². The van der Waals surface area contributed by atoms with E-state index in [0.29, 0.717) is 13.2 Å². The van der Waals surface area contributed by atoms with Crippen LogP contribution in [0.2, 0.25) is 0 Å². The molecule has 0 bridgehead atoms. The average molecular weight is 210 g/mol. The van der Waals surface area contributed by atoms with Crippen molar-refractivity contribution in [2.24, 2.45) is 0 Å². The number of pyridine rings is 1. The van der Waals surface area contributed by atoms with Gasteiger partial charge in [0.15, 0.2) is 0 Å². The number of ether oxygens (including phenoxy) is 2. The number of nitrogens with zero attached hydrogens (tertiary/aromatic N) is 2. The van der Waals surface area contributed by atoms with Crippen LogP contribution in [-0.2, 0) is 9.47 Å². The van der Waals surface area contributed by atoms with Crippen molar-refractivity contribution >= 4 is 5.69 Å². The fourth-order valence-corrected chi connectivity index (χ4v) is 1.33. The molecule has 0 radical (unpaired) electrons. The van der Waals surface area contributed by atoms with E-state index in [0.717, 1.165) is 18.8 Å². The second-order valence-corrected chi connectivity index (χ2v) is 3.18. The lowest BCUT2D eigenvalue weighted by molar-refractivity contribution is 0.190. The van der Waals surface area contributed by atoms with Crippen LogP contribution in [-0.4, -0.2) is 45.5 Å². The third-order valence-corrected chi connectivity index (χ3v) is 2.16. The van der Waals surface area contributed by atoms with Crippen LogP contribution in [0.1, 0.15) is 0 Å². The largest absolute Gasteiger partial charge is 0.383 e. The van der Waals surface area contributed by atoms with Crippen LogP contribution in [0.25, 0.3) is 0 Å². The molecule has 0 fully saturated rings. The maximum absolute atomic E-state index is 5.08. The minimum atomic E-state index is 0.714. The highest BCUT2D eigenvalue weighted by molar-refractivity contribution is 5.44. The van der Waals surface area contributed by atoms with Crippen molar-refractivity contribution < 1.29 is 9.47 Å². The molecular formula is C11H18N2O2. The van der Waals surface area contributed by atoms with E-state index in [9.17, 15) is 0 Å². The fourth-order valence-electron chi connectivity index (χ4n) is 1.33. The molecule has 1 aromatic heterocycles. The number of hydrogen-bond acceptors (Lipinski definition) is 4. The minimum Gasteiger partial charge on any atom is -0.383 e. The van der Waals surface area contributed by atoms with Crippen LogP contribution >= 0.6 is 0 Å². The van der Waals surface area contributed by atoms with Gasteiger partial charge >= 0.3 is 0 Å². The third kappa shape index (κ3) is 4.27. The summed E-state index contributed by atoms with van der Waals surface area (Å²) < 4.78 is 10.2. The van der Waals surface area contributed by atoms with Gasteiger partial charge in [0.1, 0.15) is 0 Å². The first-order valence-corrected chi connectivity index (χ1v) is 5.01. The Morgan fingerprint density at radius 3 is 2.07 bits per heavy atom. The number of rotatable bonds is 7. The topological polar surface area (TPSA) is 34.6 Å². The summed E-state index contributed by atoms with van der Waals surface area (Å²) in [7, 11) is 3.42. The molecule has 0 atom stereocenters. The molecule has 4 nitrogen and oxygen atoms in total. The molecule has 15 heavy (non-hydrogen) atoms. The first kappa shape index (κ1) is 11.9. The predicted octanol–water partition coefficient (Wildman–Crippen LogP) is 1.18. The Balaban J connectivity index is 2.55. The Kier molecular flexibility index (Phi) is 5.73. The van der Waals surface area contributed by atoms with Crippen LogP contribution in [0.3, 0.4) is 0 Å². The van der Waals surface area contributed by atoms with Crippen molar-refractivity contribution in [3.8, 4) is 0 Å². The third-order valence-electron chi connectivity index (χ3n) is 2.16. The normalized spacial score (nSPS) is 10.3. The highest BCUT2D eigenvalue weighted by Gasteiger charge is 2.04. The summed E-state index contributed by atoms with van der Waals surface area (Å²) in [5.74, 6) is 0. The zero-order valence-electron chi connectivity index (χ0n) is 9.35. The summed E-state index contributed by atoms with van der Waals surface area (Å²) in [6.45, 7) is 3.16. The van der Waals surface area contributed by atoms with Crippen molar-refractivity contribution in [1.82, 2.24) is 4.98 Å². The lowest BCUT2D eigenvalue weighted by Crippen LogP contribution is -2.30. The zero-order valence-corrected chi connectivity index (χ0v) is 9.35. The minimum absolute atomic E-state index is 0.714. The van der Waals surface area contributed by atoms with E-state index in [1.165, 1.54) is 0 Å². The van der Waals surface area contributed by atoms with Crippen LogP contribution in [0.15, 0.2) is 24.5 Å². The number of hydrogen-bond donors (Lipinski definition) is 0. The fraction of sp³-hybridized carbons (Fsp3) is 0.545. The Morgan fingerprint density at radius 1 is 1.07 bits per heavy atom. The van der Waals surface area contributed by atoms with Crippen LogP contribution in [0, 0.1) is 0 Å². The van der Waals surface area contributed by atoms with E-state index in [1.807, 2.05) is 12.1 Å². The molecule has 1 aromatic rings. The van der Waals surface area contributed by atoms with Gasteiger partial charge in [-0.15, -0.1) is 0 Å².